The fraction of sp³-hybridized carbons (Fsp3) is 0.367. The number of amides is 2. The number of anilines is 4. The summed E-state index contributed by atoms with van der Waals surface area (Å²) in [5.74, 6) is 4.39. The van der Waals surface area contributed by atoms with Gasteiger partial charge in [0.05, 0.1) is 0 Å². The van der Waals surface area contributed by atoms with Gasteiger partial charge in [0.2, 0.25) is 0 Å². The molecule has 10 rings (SSSR count). The molecule has 2 spiro atoms. The van der Waals surface area contributed by atoms with Crippen LogP contribution in [0.4, 0.5) is 22.7 Å². The number of ether oxygens (including phenoxy) is 2. The smallest absolute Gasteiger partial charge is 0.255 e. The van der Waals surface area contributed by atoms with E-state index in [1.54, 1.807) is 11.8 Å². The molecule has 11 heteroatoms. The number of hydrogen-bond donors (Lipinski definition) is 0. The molecule has 0 saturated heterocycles. The topological polar surface area (TPSA) is 72.0 Å². The van der Waals surface area contributed by atoms with Gasteiger partial charge in [0.25, 0.3) is 11.8 Å². The lowest BCUT2D eigenvalue weighted by atomic mass is 9.74. The van der Waals surface area contributed by atoms with Crippen molar-refractivity contribution >= 4 is 46.3 Å². The SMILES string of the molecule is CCN(CC)c1ccc2c(c1)Oc1cc(N(CC)CC)ccc1C21c2ccccc2C(=O)N1CCSCCN1C(=O)c2ccccc2C12c1ccc(N(CC)CC)cc1Oc1cc(N(CC)CC)ccc12. The van der Waals surface area contributed by atoms with E-state index in [4.69, 9.17) is 9.47 Å². The van der Waals surface area contributed by atoms with E-state index >= 15 is 9.59 Å². The Hall–Kier alpha value is -6.59. The number of fused-ring (bicyclic) bond motifs is 12. The first-order valence-electron chi connectivity index (χ1n) is 26.0. The van der Waals surface area contributed by atoms with Crippen LogP contribution in [-0.4, -0.2) is 98.6 Å². The zero-order valence-corrected chi connectivity index (χ0v) is 43.6. The molecule has 2 amide bonds. The van der Waals surface area contributed by atoms with Crippen LogP contribution in [0, 0.1) is 0 Å². The van der Waals surface area contributed by atoms with Gasteiger partial charge in [-0.2, -0.15) is 11.8 Å². The van der Waals surface area contributed by atoms with Crippen molar-refractivity contribution in [3.05, 3.63) is 166 Å². The van der Waals surface area contributed by atoms with Crippen molar-refractivity contribution in [2.24, 2.45) is 0 Å². The van der Waals surface area contributed by atoms with Gasteiger partial charge in [0.1, 0.15) is 34.1 Å². The summed E-state index contributed by atoms with van der Waals surface area (Å²) in [6, 6.07) is 42.4. The molecule has 10 nitrogen and oxygen atoms in total. The number of carbonyl (C=O) groups excluding carboxylic acids is 2. The molecule has 71 heavy (non-hydrogen) atoms. The van der Waals surface area contributed by atoms with Crippen LogP contribution in [0.2, 0.25) is 0 Å². The zero-order chi connectivity index (χ0) is 49.6. The number of carbonyl (C=O) groups is 2. The molecular formula is C60H68N6O4S. The molecule has 0 bridgehead atoms. The van der Waals surface area contributed by atoms with Crippen molar-refractivity contribution < 1.29 is 19.1 Å². The predicted molar refractivity (Wildman–Crippen MR) is 292 cm³/mol. The molecule has 0 saturated carbocycles. The molecule has 6 aromatic carbocycles. The monoisotopic (exact) mass is 969 g/mol. The van der Waals surface area contributed by atoms with Gasteiger partial charge in [-0.25, -0.2) is 0 Å². The standard InChI is InChI=1S/C60H68N6O4S/c1-9-61(10-2)41-25-29-49-53(37-41)69-54-38-42(62(11-3)12-4)26-30-50(54)59(49)47-23-19-17-21-45(47)57(67)65(59)33-35-71-36-34-66-58(68)46-22-18-20-24-48(46)60(66)51-31-27-43(63(13-5)14-6)39-55(51)70-56-40-44(28-32-52(56)60)64(15-7)16-8/h17-32,37-40H,9-16,33-36H2,1-8H3. The van der Waals surface area contributed by atoms with Crippen molar-refractivity contribution in [3.63, 3.8) is 0 Å². The van der Waals surface area contributed by atoms with E-state index in [2.05, 4.69) is 182 Å². The molecule has 368 valence electrons. The van der Waals surface area contributed by atoms with Crippen molar-refractivity contribution in [3.8, 4) is 23.0 Å². The highest BCUT2D eigenvalue weighted by molar-refractivity contribution is 7.99. The Kier molecular flexibility index (Phi) is 13.2. The predicted octanol–water partition coefficient (Wildman–Crippen LogP) is 12.2. The molecule has 0 unspecified atom stereocenters. The van der Waals surface area contributed by atoms with Gasteiger partial charge in [-0.1, -0.05) is 60.7 Å². The molecule has 0 atom stereocenters. The minimum Gasteiger partial charge on any atom is -0.456 e. The van der Waals surface area contributed by atoms with Gasteiger partial charge in [-0.15, -0.1) is 0 Å². The molecule has 0 aromatic heterocycles. The van der Waals surface area contributed by atoms with Crippen LogP contribution in [-0.2, 0) is 11.1 Å². The van der Waals surface area contributed by atoms with E-state index in [0.717, 1.165) is 131 Å². The Morgan fingerprint density at radius 3 is 0.958 bits per heavy atom. The maximum atomic E-state index is 15.1. The lowest BCUT2D eigenvalue weighted by Gasteiger charge is -2.45. The van der Waals surface area contributed by atoms with Crippen LogP contribution >= 0.6 is 11.8 Å². The summed E-state index contributed by atoms with van der Waals surface area (Å²) in [7, 11) is 0. The van der Waals surface area contributed by atoms with Gasteiger partial charge in [0, 0.05) is 157 Å². The van der Waals surface area contributed by atoms with E-state index < -0.39 is 11.1 Å². The summed E-state index contributed by atoms with van der Waals surface area (Å²) in [5, 5.41) is 0. The number of hydrogen-bond acceptors (Lipinski definition) is 9. The van der Waals surface area contributed by atoms with Gasteiger partial charge in [-0.3, -0.25) is 9.59 Å². The first-order valence-corrected chi connectivity index (χ1v) is 27.2. The average molecular weight is 969 g/mol. The molecule has 4 aliphatic rings. The molecule has 4 aliphatic heterocycles. The average Bonchev–Trinajstić information content (AvgIpc) is 3.79. The minimum atomic E-state index is -0.916. The largest absolute Gasteiger partial charge is 0.456 e. The van der Waals surface area contributed by atoms with E-state index in [9.17, 15) is 0 Å². The highest BCUT2D eigenvalue weighted by atomic mass is 32.2. The summed E-state index contributed by atoms with van der Waals surface area (Å²) in [4.78, 5) is 43.7. The lowest BCUT2D eigenvalue weighted by Crippen LogP contribution is -2.49. The van der Waals surface area contributed by atoms with E-state index in [0.29, 0.717) is 35.7 Å². The number of rotatable bonds is 18. The molecule has 4 heterocycles. The molecule has 0 radical (unpaired) electrons. The molecule has 0 fully saturated rings. The summed E-state index contributed by atoms with van der Waals surface area (Å²) in [6.07, 6.45) is 0. The molecular weight excluding hydrogens is 901 g/mol. The first kappa shape index (κ1) is 48.1. The Morgan fingerprint density at radius 1 is 0.394 bits per heavy atom. The summed E-state index contributed by atoms with van der Waals surface area (Å²) in [6.45, 7) is 25.3. The fourth-order valence-corrected chi connectivity index (χ4v) is 13.0. The molecule has 6 aromatic rings. The third kappa shape index (κ3) is 7.43. The van der Waals surface area contributed by atoms with Crippen LogP contribution < -0.4 is 29.1 Å². The molecule has 0 aliphatic carbocycles. The maximum absolute atomic E-state index is 15.1. The number of benzene rings is 6. The summed E-state index contributed by atoms with van der Waals surface area (Å²) >= 11 is 1.78. The third-order valence-corrected chi connectivity index (χ3v) is 16.6. The van der Waals surface area contributed by atoms with Gasteiger partial charge in [-0.05, 0) is 103 Å². The highest BCUT2D eigenvalue weighted by Gasteiger charge is 2.58. The second-order valence-corrected chi connectivity index (χ2v) is 19.9. The van der Waals surface area contributed by atoms with Crippen molar-refractivity contribution in [1.29, 1.82) is 0 Å². The van der Waals surface area contributed by atoms with Crippen LogP contribution in [0.3, 0.4) is 0 Å². The van der Waals surface area contributed by atoms with Crippen LogP contribution in [0.1, 0.15) is 109 Å². The Labute approximate surface area is 425 Å². The van der Waals surface area contributed by atoms with Gasteiger partial charge in [0.15, 0.2) is 0 Å². The Bertz CT molecular complexity index is 2650. The van der Waals surface area contributed by atoms with Gasteiger partial charge >= 0.3 is 0 Å². The van der Waals surface area contributed by atoms with Crippen molar-refractivity contribution in [1.82, 2.24) is 9.80 Å². The lowest BCUT2D eigenvalue weighted by molar-refractivity contribution is 0.0677. The maximum Gasteiger partial charge on any atom is 0.255 e. The summed E-state index contributed by atoms with van der Waals surface area (Å²) < 4.78 is 14.0. The fourth-order valence-electron chi connectivity index (χ4n) is 12.2. The third-order valence-electron chi connectivity index (χ3n) is 15.7. The summed E-state index contributed by atoms with van der Waals surface area (Å²) in [5.41, 5.74) is 9.76. The molecule has 0 N–H and O–H groups in total. The van der Waals surface area contributed by atoms with E-state index in [1.165, 1.54) is 0 Å². The number of thioether (sulfide) groups is 1. The van der Waals surface area contributed by atoms with Crippen LogP contribution in [0.15, 0.2) is 121 Å². The second-order valence-electron chi connectivity index (χ2n) is 18.7. The second kappa shape index (κ2) is 19.5. The normalized spacial score (nSPS) is 15.1. The van der Waals surface area contributed by atoms with Gasteiger partial charge < -0.3 is 38.9 Å². The van der Waals surface area contributed by atoms with Crippen LogP contribution in [0.5, 0.6) is 23.0 Å². The van der Waals surface area contributed by atoms with Crippen molar-refractivity contribution in [2.45, 2.75) is 66.5 Å². The zero-order valence-electron chi connectivity index (χ0n) is 42.8. The Balaban J connectivity index is 1.02. The van der Waals surface area contributed by atoms with E-state index in [-0.39, 0.29) is 11.8 Å². The number of nitrogens with zero attached hydrogens (tertiary/aromatic N) is 6. The minimum absolute atomic E-state index is 0.00773. The highest BCUT2D eigenvalue weighted by Crippen LogP contribution is 2.60. The van der Waals surface area contributed by atoms with Crippen LogP contribution in [0.25, 0.3) is 0 Å². The Morgan fingerprint density at radius 2 is 0.676 bits per heavy atom. The quantitative estimate of drug-likeness (QED) is 0.0783. The first-order chi connectivity index (χ1) is 34.7. The van der Waals surface area contributed by atoms with Crippen molar-refractivity contribution in [2.75, 3.05) is 96.6 Å². The van der Waals surface area contributed by atoms with E-state index in [1.807, 2.05) is 24.3 Å².